The number of carbonyl (C=O) groups is 1. The molecule has 1 aliphatic heterocycles. The predicted octanol–water partition coefficient (Wildman–Crippen LogP) is 3.32. The molecule has 2 aromatic carbocycles. The zero-order valence-corrected chi connectivity index (χ0v) is 21.7. The molecule has 3 rings (SSSR count). The molecule has 2 N–H and O–H groups in total. The number of nitrogens with zero attached hydrogens (tertiary/aromatic N) is 3. The lowest BCUT2D eigenvalue weighted by molar-refractivity contribution is -0.130. The Morgan fingerprint density at radius 2 is 1.78 bits per heavy atom. The monoisotopic (exact) mass is 571 g/mol. The summed E-state index contributed by atoms with van der Waals surface area (Å²) in [7, 11) is 1.67. The lowest BCUT2D eigenvalue weighted by atomic mass is 10.1. The summed E-state index contributed by atoms with van der Waals surface area (Å²) < 4.78 is 13.5. The van der Waals surface area contributed by atoms with E-state index in [1.165, 1.54) is 11.8 Å². The van der Waals surface area contributed by atoms with Crippen LogP contribution in [0.25, 0.3) is 0 Å². The first-order valence-electron chi connectivity index (χ1n) is 10.4. The molecule has 0 radical (unpaired) electrons. The van der Waals surface area contributed by atoms with Crippen LogP contribution >= 0.6 is 35.7 Å². The molecule has 6 nitrogen and oxygen atoms in total. The molecule has 1 amide bonds. The quantitative estimate of drug-likeness (QED) is 0.304. The molecule has 1 fully saturated rings. The minimum absolute atomic E-state index is 0. The number of para-hydroxylation sites is 1. The summed E-state index contributed by atoms with van der Waals surface area (Å²) in [6, 6.07) is 15.1. The van der Waals surface area contributed by atoms with Crippen molar-refractivity contribution >= 4 is 53.3 Å². The van der Waals surface area contributed by atoms with Gasteiger partial charge < -0.3 is 20.4 Å². The van der Waals surface area contributed by atoms with E-state index in [0.717, 1.165) is 30.0 Å². The number of aliphatic imine (C=N–C) groups is 1. The maximum Gasteiger partial charge on any atom is 0.242 e. The molecule has 9 heteroatoms. The van der Waals surface area contributed by atoms with Crippen LogP contribution in [0.5, 0.6) is 0 Å². The van der Waals surface area contributed by atoms with E-state index in [1.54, 1.807) is 30.9 Å². The van der Waals surface area contributed by atoms with Gasteiger partial charge in [0.1, 0.15) is 5.82 Å². The van der Waals surface area contributed by atoms with Crippen molar-refractivity contribution in [2.75, 3.05) is 50.9 Å². The third-order valence-electron chi connectivity index (χ3n) is 5.30. The standard InChI is InChI=1S/C23H30FN5OS.HI/c1-25-23(26-15-18-8-9-20(24)14-19(18)17-31-2)27-16-22(30)29-12-10-28(11-13-29)21-6-4-3-5-7-21;/h3-9,14H,10-13,15-17H2,1-2H3,(H2,25,26,27);1H. The Morgan fingerprint density at radius 1 is 1.06 bits per heavy atom. The maximum absolute atomic E-state index is 13.5. The number of hydrogen-bond donors (Lipinski definition) is 2. The number of carbonyl (C=O) groups excluding carboxylic acids is 1. The largest absolute Gasteiger partial charge is 0.368 e. The highest BCUT2D eigenvalue weighted by molar-refractivity contribution is 14.0. The summed E-state index contributed by atoms with van der Waals surface area (Å²) in [5.74, 6) is 1.12. The Balaban J connectivity index is 0.00000363. The third kappa shape index (κ3) is 7.54. The fourth-order valence-corrected chi connectivity index (χ4v) is 4.16. The molecule has 0 atom stereocenters. The first-order valence-corrected chi connectivity index (χ1v) is 11.8. The molecular formula is C23H31FIN5OS. The summed E-state index contributed by atoms with van der Waals surface area (Å²) in [6.45, 7) is 3.76. The van der Waals surface area contributed by atoms with Crippen molar-refractivity contribution in [3.05, 3.63) is 65.5 Å². The van der Waals surface area contributed by atoms with Crippen LogP contribution in [-0.4, -0.2) is 62.8 Å². The fraction of sp³-hybridized carbons (Fsp3) is 0.391. The molecule has 1 saturated heterocycles. The predicted molar refractivity (Wildman–Crippen MR) is 142 cm³/mol. The Bertz CT molecular complexity index is 891. The minimum Gasteiger partial charge on any atom is -0.368 e. The van der Waals surface area contributed by atoms with E-state index in [-0.39, 0.29) is 42.2 Å². The van der Waals surface area contributed by atoms with E-state index in [2.05, 4.69) is 32.7 Å². The topological polar surface area (TPSA) is 60.0 Å². The second kappa shape index (κ2) is 13.5. The van der Waals surface area contributed by atoms with Gasteiger partial charge in [0.25, 0.3) is 0 Å². The smallest absolute Gasteiger partial charge is 0.242 e. The van der Waals surface area contributed by atoms with Gasteiger partial charge in [-0.1, -0.05) is 24.3 Å². The summed E-state index contributed by atoms with van der Waals surface area (Å²) in [5.41, 5.74) is 3.17. The molecule has 32 heavy (non-hydrogen) atoms. The van der Waals surface area contributed by atoms with Gasteiger partial charge >= 0.3 is 0 Å². The van der Waals surface area contributed by atoms with Crippen LogP contribution < -0.4 is 15.5 Å². The first kappa shape index (κ1) is 26.2. The van der Waals surface area contributed by atoms with Crippen molar-refractivity contribution in [2.45, 2.75) is 12.3 Å². The Kier molecular flexibility index (Phi) is 11.1. The van der Waals surface area contributed by atoms with Crippen LogP contribution in [0.3, 0.4) is 0 Å². The summed E-state index contributed by atoms with van der Waals surface area (Å²) in [4.78, 5) is 21.0. The minimum atomic E-state index is -0.228. The van der Waals surface area contributed by atoms with Crippen LogP contribution in [0.4, 0.5) is 10.1 Å². The zero-order valence-electron chi connectivity index (χ0n) is 18.5. The molecule has 0 aliphatic carbocycles. The van der Waals surface area contributed by atoms with E-state index < -0.39 is 0 Å². The van der Waals surface area contributed by atoms with Crippen molar-refractivity contribution in [3.63, 3.8) is 0 Å². The zero-order chi connectivity index (χ0) is 22.1. The molecule has 174 valence electrons. The average molecular weight is 572 g/mol. The molecular weight excluding hydrogens is 540 g/mol. The van der Waals surface area contributed by atoms with Gasteiger partial charge in [-0.25, -0.2) is 4.39 Å². The Labute approximate surface area is 211 Å². The molecule has 0 unspecified atom stereocenters. The number of guanidine groups is 1. The summed E-state index contributed by atoms with van der Waals surface area (Å²) in [5, 5.41) is 6.32. The number of amides is 1. The van der Waals surface area contributed by atoms with E-state index >= 15 is 0 Å². The highest BCUT2D eigenvalue weighted by Gasteiger charge is 2.21. The molecule has 0 spiro atoms. The number of rotatable bonds is 7. The molecule has 0 bridgehead atoms. The number of halogens is 2. The number of piperazine rings is 1. The normalized spacial score (nSPS) is 14.0. The van der Waals surface area contributed by atoms with E-state index in [1.807, 2.05) is 29.4 Å². The number of hydrogen-bond acceptors (Lipinski definition) is 4. The molecule has 1 aliphatic rings. The van der Waals surface area contributed by atoms with Gasteiger partial charge in [-0.05, 0) is 41.6 Å². The van der Waals surface area contributed by atoms with Crippen molar-refractivity contribution in [2.24, 2.45) is 4.99 Å². The van der Waals surface area contributed by atoms with Crippen molar-refractivity contribution < 1.29 is 9.18 Å². The van der Waals surface area contributed by atoms with Gasteiger partial charge in [-0.15, -0.1) is 24.0 Å². The Morgan fingerprint density at radius 3 is 2.44 bits per heavy atom. The summed E-state index contributed by atoms with van der Waals surface area (Å²) in [6.07, 6.45) is 1.99. The van der Waals surface area contributed by atoms with Crippen LogP contribution in [0.1, 0.15) is 11.1 Å². The second-order valence-corrected chi connectivity index (χ2v) is 8.19. The van der Waals surface area contributed by atoms with Gasteiger partial charge in [0.15, 0.2) is 5.96 Å². The first-order chi connectivity index (χ1) is 15.1. The van der Waals surface area contributed by atoms with Gasteiger partial charge in [-0.2, -0.15) is 11.8 Å². The Hall–Kier alpha value is -2.01. The molecule has 0 saturated carbocycles. The maximum atomic E-state index is 13.5. The van der Waals surface area contributed by atoms with Gasteiger partial charge in [0, 0.05) is 51.2 Å². The number of benzene rings is 2. The van der Waals surface area contributed by atoms with E-state index in [4.69, 9.17) is 0 Å². The summed E-state index contributed by atoms with van der Waals surface area (Å²) >= 11 is 1.65. The highest BCUT2D eigenvalue weighted by Crippen LogP contribution is 2.17. The van der Waals surface area contributed by atoms with E-state index in [9.17, 15) is 9.18 Å². The van der Waals surface area contributed by atoms with Gasteiger partial charge in [0.05, 0.1) is 6.54 Å². The second-order valence-electron chi connectivity index (χ2n) is 7.33. The third-order valence-corrected chi connectivity index (χ3v) is 5.90. The van der Waals surface area contributed by atoms with Crippen LogP contribution in [0.15, 0.2) is 53.5 Å². The van der Waals surface area contributed by atoms with Gasteiger partial charge in [-0.3, -0.25) is 9.79 Å². The van der Waals surface area contributed by atoms with Gasteiger partial charge in [0.2, 0.25) is 5.91 Å². The van der Waals surface area contributed by atoms with Crippen LogP contribution in [0.2, 0.25) is 0 Å². The van der Waals surface area contributed by atoms with Crippen LogP contribution in [0, 0.1) is 5.82 Å². The van der Waals surface area contributed by atoms with Crippen LogP contribution in [-0.2, 0) is 17.1 Å². The number of anilines is 1. The average Bonchev–Trinajstić information content (AvgIpc) is 2.81. The number of nitrogens with one attached hydrogen (secondary N) is 2. The fourth-order valence-electron chi connectivity index (χ4n) is 3.58. The molecule has 2 aromatic rings. The number of thioether (sulfide) groups is 1. The van der Waals surface area contributed by atoms with E-state index in [0.29, 0.717) is 25.6 Å². The molecule has 1 heterocycles. The lowest BCUT2D eigenvalue weighted by Gasteiger charge is -2.36. The molecule has 0 aromatic heterocycles. The van der Waals surface area contributed by atoms with Crippen molar-refractivity contribution in [3.8, 4) is 0 Å². The SMILES string of the molecule is CN=C(NCC(=O)N1CCN(c2ccccc2)CC1)NCc1ccc(F)cc1CSC.I. The van der Waals surface area contributed by atoms with Crippen molar-refractivity contribution in [1.82, 2.24) is 15.5 Å². The highest BCUT2D eigenvalue weighted by atomic mass is 127. The lowest BCUT2D eigenvalue weighted by Crippen LogP contribution is -2.52. The van der Waals surface area contributed by atoms with Crippen molar-refractivity contribution in [1.29, 1.82) is 0 Å².